The molecule has 1 atom stereocenters. The van der Waals surface area contributed by atoms with Gasteiger partial charge in [-0.2, -0.15) is 0 Å². The Hall–Kier alpha value is -4.06. The van der Waals surface area contributed by atoms with Crippen molar-refractivity contribution in [2.75, 3.05) is 18.1 Å². The molecule has 36 heavy (non-hydrogen) atoms. The van der Waals surface area contributed by atoms with E-state index in [-0.39, 0.29) is 16.7 Å². The van der Waals surface area contributed by atoms with Crippen LogP contribution in [-0.4, -0.2) is 30.0 Å². The van der Waals surface area contributed by atoms with Crippen LogP contribution in [0.2, 0.25) is 0 Å². The van der Waals surface area contributed by atoms with Crippen LogP contribution in [0.1, 0.15) is 49.1 Å². The summed E-state index contributed by atoms with van der Waals surface area (Å²) in [6.45, 7) is 9.18. The number of nitrogens with zero attached hydrogens (tertiary/aromatic N) is 1. The number of ketones is 1. The Bertz CT molecular complexity index is 1360. The molecule has 5 rings (SSSR count). The zero-order chi connectivity index (χ0) is 25.6. The number of rotatable bonds is 3. The number of fused-ring (bicyclic) bond motifs is 1. The van der Waals surface area contributed by atoms with Gasteiger partial charge in [-0.05, 0) is 35.6 Å². The maximum absolute atomic E-state index is 13.4. The molecule has 0 spiro atoms. The molecule has 0 radical (unpaired) electrons. The number of aryl methyl sites for hydroxylation is 1. The van der Waals surface area contributed by atoms with Crippen molar-refractivity contribution in [2.24, 2.45) is 0 Å². The van der Waals surface area contributed by atoms with Gasteiger partial charge in [-0.25, -0.2) is 0 Å². The fraction of sp³-hybridized carbons (Fsp3) is 0.267. The average Bonchev–Trinajstić information content (AvgIpc) is 3.13. The molecule has 1 saturated heterocycles. The Morgan fingerprint density at radius 3 is 2.17 bits per heavy atom. The number of benzene rings is 3. The summed E-state index contributed by atoms with van der Waals surface area (Å²) in [5.74, 6) is -0.523. The Morgan fingerprint density at radius 1 is 0.889 bits per heavy atom. The van der Waals surface area contributed by atoms with Crippen LogP contribution in [0.3, 0.4) is 0 Å². The number of ether oxygens (including phenoxy) is 2. The van der Waals surface area contributed by atoms with Gasteiger partial charge < -0.3 is 14.6 Å². The Kier molecular flexibility index (Phi) is 5.83. The first kappa shape index (κ1) is 23.7. The molecule has 1 unspecified atom stereocenters. The highest BCUT2D eigenvalue weighted by molar-refractivity contribution is 6.51. The van der Waals surface area contributed by atoms with E-state index < -0.39 is 17.7 Å². The van der Waals surface area contributed by atoms with Crippen LogP contribution < -0.4 is 14.4 Å². The second-order valence-electron chi connectivity index (χ2n) is 10.2. The highest BCUT2D eigenvalue weighted by Gasteiger charge is 2.47. The number of anilines is 1. The number of carbonyl (C=O) groups excluding carboxylic acids is 2. The highest BCUT2D eigenvalue weighted by atomic mass is 16.6. The maximum Gasteiger partial charge on any atom is 0.300 e. The zero-order valence-electron chi connectivity index (χ0n) is 20.9. The standard InChI is InChI=1S/C30H29NO5/c1-18-5-7-20(8-6-18)27(32)25-26(19-9-11-21(12-10-19)30(2,3)4)31(29(34)28(25)33)22-13-14-23-24(17-22)36-16-15-35-23/h5-14,17,26,32H,15-16H2,1-4H3/b27-25+. The summed E-state index contributed by atoms with van der Waals surface area (Å²) in [5.41, 5.74) is 3.86. The van der Waals surface area contributed by atoms with Gasteiger partial charge in [0.2, 0.25) is 0 Å². The largest absolute Gasteiger partial charge is 0.507 e. The van der Waals surface area contributed by atoms with E-state index in [1.807, 2.05) is 43.3 Å². The normalized spacial score (nSPS) is 19.0. The number of Topliss-reactive ketones (excluding diaryl/α,β-unsaturated/α-hetero) is 1. The molecule has 1 amide bonds. The maximum atomic E-state index is 13.4. The first-order chi connectivity index (χ1) is 17.1. The summed E-state index contributed by atoms with van der Waals surface area (Å²) in [6.07, 6.45) is 0. The van der Waals surface area contributed by atoms with E-state index in [4.69, 9.17) is 9.47 Å². The van der Waals surface area contributed by atoms with Gasteiger partial charge >= 0.3 is 0 Å². The molecule has 3 aromatic rings. The second kappa shape index (κ2) is 8.86. The van der Waals surface area contributed by atoms with Gasteiger partial charge in [0.1, 0.15) is 19.0 Å². The molecule has 3 aromatic carbocycles. The van der Waals surface area contributed by atoms with Gasteiger partial charge in [0.05, 0.1) is 11.6 Å². The summed E-state index contributed by atoms with van der Waals surface area (Å²) in [4.78, 5) is 28.3. The Labute approximate surface area is 210 Å². The second-order valence-corrected chi connectivity index (χ2v) is 10.2. The summed E-state index contributed by atoms with van der Waals surface area (Å²) in [7, 11) is 0. The molecule has 0 saturated carbocycles. The third kappa shape index (κ3) is 4.13. The number of hydrogen-bond acceptors (Lipinski definition) is 5. The van der Waals surface area contributed by atoms with Crippen molar-refractivity contribution in [3.63, 3.8) is 0 Å². The highest BCUT2D eigenvalue weighted by Crippen LogP contribution is 2.44. The molecular weight excluding hydrogens is 454 g/mol. The minimum absolute atomic E-state index is 0.0575. The topological polar surface area (TPSA) is 76.1 Å². The predicted octanol–water partition coefficient (Wildman–Crippen LogP) is 5.69. The molecule has 0 aromatic heterocycles. The van der Waals surface area contributed by atoms with Crippen LogP contribution in [0.4, 0.5) is 5.69 Å². The predicted molar refractivity (Wildman–Crippen MR) is 139 cm³/mol. The number of aliphatic hydroxyl groups excluding tert-OH is 1. The fourth-order valence-electron chi connectivity index (χ4n) is 4.63. The molecule has 0 bridgehead atoms. The number of aliphatic hydroxyl groups is 1. The van der Waals surface area contributed by atoms with Crippen LogP contribution in [-0.2, 0) is 15.0 Å². The number of hydrogen-bond donors (Lipinski definition) is 1. The van der Waals surface area contributed by atoms with Crippen molar-refractivity contribution in [1.29, 1.82) is 0 Å². The first-order valence-corrected chi connectivity index (χ1v) is 12.0. The lowest BCUT2D eigenvalue weighted by molar-refractivity contribution is -0.132. The van der Waals surface area contributed by atoms with Crippen LogP contribution >= 0.6 is 0 Å². The van der Waals surface area contributed by atoms with Crippen LogP contribution in [0, 0.1) is 6.92 Å². The molecule has 184 valence electrons. The minimum atomic E-state index is -0.803. The third-order valence-electron chi connectivity index (χ3n) is 6.67. The van der Waals surface area contributed by atoms with Gasteiger partial charge in [0.25, 0.3) is 11.7 Å². The van der Waals surface area contributed by atoms with Crippen molar-refractivity contribution in [3.05, 3.63) is 94.6 Å². The van der Waals surface area contributed by atoms with Crippen molar-refractivity contribution in [2.45, 2.75) is 39.2 Å². The summed E-state index contributed by atoms with van der Waals surface area (Å²) < 4.78 is 11.4. The zero-order valence-corrected chi connectivity index (χ0v) is 20.9. The summed E-state index contributed by atoms with van der Waals surface area (Å²) in [6, 6.07) is 19.5. The van der Waals surface area contributed by atoms with E-state index in [1.165, 1.54) is 4.90 Å². The fourth-order valence-corrected chi connectivity index (χ4v) is 4.63. The molecular formula is C30H29NO5. The SMILES string of the molecule is Cc1ccc(/C(O)=C2\C(=O)C(=O)N(c3ccc4c(c3)OCCO4)C2c2ccc(C(C)(C)C)cc2)cc1. The molecule has 1 N–H and O–H groups in total. The van der Waals surface area contributed by atoms with Gasteiger partial charge in [0, 0.05) is 17.3 Å². The first-order valence-electron chi connectivity index (χ1n) is 12.0. The van der Waals surface area contributed by atoms with Gasteiger partial charge in [-0.15, -0.1) is 0 Å². The molecule has 2 aliphatic rings. The summed E-state index contributed by atoms with van der Waals surface area (Å²) >= 11 is 0. The van der Waals surface area contributed by atoms with Crippen molar-refractivity contribution >= 4 is 23.1 Å². The third-order valence-corrected chi connectivity index (χ3v) is 6.67. The Morgan fingerprint density at radius 2 is 1.53 bits per heavy atom. The van der Waals surface area contributed by atoms with Crippen LogP contribution in [0.25, 0.3) is 5.76 Å². The minimum Gasteiger partial charge on any atom is -0.507 e. The van der Waals surface area contributed by atoms with E-state index in [0.29, 0.717) is 36.0 Å². The van der Waals surface area contributed by atoms with E-state index in [2.05, 4.69) is 20.8 Å². The van der Waals surface area contributed by atoms with Gasteiger partial charge in [0.15, 0.2) is 11.5 Å². The van der Waals surface area contributed by atoms with Crippen LogP contribution in [0.5, 0.6) is 11.5 Å². The number of amides is 1. The molecule has 0 aliphatic carbocycles. The molecule has 2 aliphatic heterocycles. The quantitative estimate of drug-likeness (QED) is 0.294. The van der Waals surface area contributed by atoms with Crippen LogP contribution in [0.15, 0.2) is 72.3 Å². The van der Waals surface area contributed by atoms with E-state index in [1.54, 1.807) is 30.3 Å². The average molecular weight is 484 g/mol. The smallest absolute Gasteiger partial charge is 0.300 e. The molecule has 1 fully saturated rings. The molecule has 2 heterocycles. The number of carbonyl (C=O) groups is 2. The Balaban J connectivity index is 1.68. The lowest BCUT2D eigenvalue weighted by atomic mass is 9.85. The lowest BCUT2D eigenvalue weighted by Gasteiger charge is -2.28. The van der Waals surface area contributed by atoms with Crippen molar-refractivity contribution in [3.8, 4) is 11.5 Å². The molecule has 6 nitrogen and oxygen atoms in total. The van der Waals surface area contributed by atoms with E-state index >= 15 is 0 Å². The van der Waals surface area contributed by atoms with Gasteiger partial charge in [-0.3, -0.25) is 14.5 Å². The van der Waals surface area contributed by atoms with Gasteiger partial charge in [-0.1, -0.05) is 74.9 Å². The van der Waals surface area contributed by atoms with E-state index in [0.717, 1.165) is 16.7 Å². The van der Waals surface area contributed by atoms with Crippen molar-refractivity contribution in [1.82, 2.24) is 0 Å². The molecule has 6 heteroatoms. The lowest BCUT2D eigenvalue weighted by Crippen LogP contribution is -2.29. The summed E-state index contributed by atoms with van der Waals surface area (Å²) in [5, 5.41) is 11.3. The monoisotopic (exact) mass is 483 g/mol. The van der Waals surface area contributed by atoms with E-state index in [9.17, 15) is 14.7 Å². The van der Waals surface area contributed by atoms with Crippen molar-refractivity contribution < 1.29 is 24.2 Å².